The molecule has 7 nitrogen and oxygen atoms in total. The SMILES string of the molecule is c1ccc(-c2cc(CSc3nnc(-c4ccc5c(c4)OCO5)o3)no2)cc1. The highest BCUT2D eigenvalue weighted by atomic mass is 32.2. The van der Waals surface area contributed by atoms with Crippen LogP contribution >= 0.6 is 11.8 Å². The van der Waals surface area contributed by atoms with E-state index in [1.165, 1.54) is 11.8 Å². The van der Waals surface area contributed by atoms with Crippen LogP contribution in [0.4, 0.5) is 0 Å². The maximum atomic E-state index is 5.73. The van der Waals surface area contributed by atoms with Crippen molar-refractivity contribution in [1.82, 2.24) is 15.4 Å². The quantitative estimate of drug-likeness (QED) is 0.472. The van der Waals surface area contributed by atoms with Gasteiger partial charge in [-0.2, -0.15) is 0 Å². The molecule has 0 saturated carbocycles. The Labute approximate surface area is 158 Å². The first kappa shape index (κ1) is 16.0. The molecule has 1 aliphatic rings. The van der Waals surface area contributed by atoms with E-state index in [0.717, 1.165) is 22.6 Å². The van der Waals surface area contributed by atoms with Gasteiger partial charge < -0.3 is 18.4 Å². The summed E-state index contributed by atoms with van der Waals surface area (Å²) in [4.78, 5) is 0. The van der Waals surface area contributed by atoms with Crippen LogP contribution in [0.25, 0.3) is 22.8 Å². The van der Waals surface area contributed by atoms with E-state index in [-0.39, 0.29) is 6.79 Å². The van der Waals surface area contributed by atoms with Crippen LogP contribution in [-0.2, 0) is 5.75 Å². The van der Waals surface area contributed by atoms with Gasteiger partial charge in [-0.05, 0) is 18.2 Å². The Kier molecular flexibility index (Phi) is 4.02. The molecule has 0 radical (unpaired) electrons. The van der Waals surface area contributed by atoms with Gasteiger partial charge in [0.1, 0.15) is 0 Å². The smallest absolute Gasteiger partial charge is 0.277 e. The van der Waals surface area contributed by atoms with Crippen molar-refractivity contribution in [2.45, 2.75) is 11.0 Å². The summed E-state index contributed by atoms with van der Waals surface area (Å²) in [6.45, 7) is 0.229. The molecule has 0 saturated heterocycles. The number of fused-ring (bicyclic) bond motifs is 1. The van der Waals surface area contributed by atoms with E-state index in [4.69, 9.17) is 18.4 Å². The Morgan fingerprint density at radius 3 is 2.70 bits per heavy atom. The van der Waals surface area contributed by atoms with Gasteiger partial charge in [-0.15, -0.1) is 10.2 Å². The van der Waals surface area contributed by atoms with Crippen molar-refractivity contribution in [3.63, 3.8) is 0 Å². The highest BCUT2D eigenvalue weighted by molar-refractivity contribution is 7.98. The molecular weight excluding hydrogens is 366 g/mol. The van der Waals surface area contributed by atoms with Gasteiger partial charge in [-0.3, -0.25) is 0 Å². The Balaban J connectivity index is 1.27. The van der Waals surface area contributed by atoms with E-state index in [1.807, 2.05) is 54.6 Å². The van der Waals surface area contributed by atoms with Crippen molar-refractivity contribution in [2.75, 3.05) is 6.79 Å². The van der Waals surface area contributed by atoms with E-state index < -0.39 is 0 Å². The molecule has 27 heavy (non-hydrogen) atoms. The first-order valence-electron chi connectivity index (χ1n) is 8.22. The fraction of sp³-hybridized carbons (Fsp3) is 0.105. The average molecular weight is 379 g/mol. The Bertz CT molecular complexity index is 1080. The highest BCUT2D eigenvalue weighted by Gasteiger charge is 2.17. The number of ether oxygens (including phenoxy) is 2. The molecule has 3 heterocycles. The van der Waals surface area contributed by atoms with Crippen molar-refractivity contribution < 1.29 is 18.4 Å². The van der Waals surface area contributed by atoms with Gasteiger partial charge in [0.15, 0.2) is 17.3 Å². The topological polar surface area (TPSA) is 83.4 Å². The van der Waals surface area contributed by atoms with Crippen LogP contribution in [0.1, 0.15) is 5.69 Å². The summed E-state index contributed by atoms with van der Waals surface area (Å²) in [6, 6.07) is 17.3. The number of thioether (sulfide) groups is 1. The van der Waals surface area contributed by atoms with Gasteiger partial charge in [-0.1, -0.05) is 47.3 Å². The number of benzene rings is 2. The predicted octanol–water partition coefficient (Wildman–Crippen LogP) is 4.41. The lowest BCUT2D eigenvalue weighted by Crippen LogP contribution is -1.92. The van der Waals surface area contributed by atoms with Crippen molar-refractivity contribution in [3.05, 3.63) is 60.3 Å². The zero-order valence-electron chi connectivity index (χ0n) is 14.0. The Morgan fingerprint density at radius 2 is 1.78 bits per heavy atom. The summed E-state index contributed by atoms with van der Waals surface area (Å²) in [5.41, 5.74) is 2.58. The van der Waals surface area contributed by atoms with E-state index in [0.29, 0.717) is 28.4 Å². The average Bonchev–Trinajstić information content (AvgIpc) is 3.46. The third kappa shape index (κ3) is 3.26. The standard InChI is InChI=1S/C19H13N3O4S/c1-2-4-12(5-3-1)16-9-14(22-26-16)10-27-19-21-20-18(25-19)13-6-7-15-17(8-13)24-11-23-15/h1-9H,10-11H2. The summed E-state index contributed by atoms with van der Waals surface area (Å²) in [6.07, 6.45) is 0. The molecular formula is C19H13N3O4S. The number of nitrogens with zero attached hydrogens (tertiary/aromatic N) is 3. The second-order valence-electron chi connectivity index (χ2n) is 5.78. The molecule has 0 atom stereocenters. The number of aromatic nitrogens is 3. The van der Waals surface area contributed by atoms with Crippen LogP contribution in [-0.4, -0.2) is 22.1 Å². The maximum absolute atomic E-state index is 5.73. The van der Waals surface area contributed by atoms with Gasteiger partial charge in [0, 0.05) is 22.9 Å². The lowest BCUT2D eigenvalue weighted by Gasteiger charge is -1.97. The van der Waals surface area contributed by atoms with E-state index in [2.05, 4.69) is 15.4 Å². The molecule has 0 aliphatic carbocycles. The number of hydrogen-bond donors (Lipinski definition) is 0. The molecule has 134 valence electrons. The second kappa shape index (κ2) is 6.81. The normalized spacial score (nSPS) is 12.4. The molecule has 4 aromatic rings. The fourth-order valence-electron chi connectivity index (χ4n) is 2.67. The van der Waals surface area contributed by atoms with Gasteiger partial charge in [-0.25, -0.2) is 0 Å². The van der Waals surface area contributed by atoms with Crippen molar-refractivity contribution >= 4 is 11.8 Å². The van der Waals surface area contributed by atoms with Crippen LogP contribution in [0.15, 0.2) is 68.8 Å². The lowest BCUT2D eigenvalue weighted by molar-refractivity contribution is 0.174. The molecule has 0 fully saturated rings. The van der Waals surface area contributed by atoms with Crippen molar-refractivity contribution in [1.29, 1.82) is 0 Å². The summed E-state index contributed by atoms with van der Waals surface area (Å²) in [5.74, 6) is 3.13. The molecule has 8 heteroatoms. The minimum atomic E-state index is 0.229. The summed E-state index contributed by atoms with van der Waals surface area (Å²) >= 11 is 1.40. The third-order valence-electron chi connectivity index (χ3n) is 3.99. The van der Waals surface area contributed by atoms with Gasteiger partial charge in [0.05, 0.1) is 5.69 Å². The summed E-state index contributed by atoms with van der Waals surface area (Å²) < 4.78 is 21.8. The van der Waals surface area contributed by atoms with Crippen LogP contribution < -0.4 is 9.47 Å². The molecule has 1 aliphatic heterocycles. The molecule has 0 bridgehead atoms. The Hall–Kier alpha value is -3.26. The molecule has 0 spiro atoms. The highest BCUT2D eigenvalue weighted by Crippen LogP contribution is 2.36. The first-order valence-corrected chi connectivity index (χ1v) is 9.21. The fourth-order valence-corrected chi connectivity index (χ4v) is 3.31. The zero-order valence-corrected chi connectivity index (χ0v) is 14.8. The molecule has 0 N–H and O–H groups in total. The van der Waals surface area contributed by atoms with Crippen LogP contribution in [0, 0.1) is 0 Å². The zero-order chi connectivity index (χ0) is 18.1. The minimum absolute atomic E-state index is 0.229. The van der Waals surface area contributed by atoms with Gasteiger partial charge >= 0.3 is 0 Å². The maximum Gasteiger partial charge on any atom is 0.277 e. The Morgan fingerprint density at radius 1 is 0.889 bits per heavy atom. The van der Waals surface area contributed by atoms with E-state index in [9.17, 15) is 0 Å². The lowest BCUT2D eigenvalue weighted by atomic mass is 10.2. The van der Waals surface area contributed by atoms with Crippen LogP contribution in [0.3, 0.4) is 0 Å². The predicted molar refractivity (Wildman–Crippen MR) is 97.4 cm³/mol. The summed E-state index contributed by atoms with van der Waals surface area (Å²) in [5, 5.41) is 12.7. The van der Waals surface area contributed by atoms with Gasteiger partial charge in [0.25, 0.3) is 5.22 Å². The number of rotatable bonds is 5. The van der Waals surface area contributed by atoms with Crippen molar-refractivity contribution in [2.24, 2.45) is 0 Å². The van der Waals surface area contributed by atoms with Crippen LogP contribution in [0.5, 0.6) is 11.5 Å². The first-order chi connectivity index (χ1) is 13.3. The summed E-state index contributed by atoms with van der Waals surface area (Å²) in [7, 11) is 0. The molecule has 0 unspecified atom stereocenters. The number of hydrogen-bond acceptors (Lipinski definition) is 8. The van der Waals surface area contributed by atoms with E-state index in [1.54, 1.807) is 0 Å². The third-order valence-corrected chi connectivity index (χ3v) is 4.84. The van der Waals surface area contributed by atoms with Crippen LogP contribution in [0.2, 0.25) is 0 Å². The molecule has 2 aromatic carbocycles. The second-order valence-corrected chi connectivity index (χ2v) is 6.70. The van der Waals surface area contributed by atoms with Gasteiger partial charge in [0.2, 0.25) is 12.7 Å². The largest absolute Gasteiger partial charge is 0.454 e. The van der Waals surface area contributed by atoms with E-state index >= 15 is 0 Å². The molecule has 0 amide bonds. The molecule has 5 rings (SSSR count). The van der Waals surface area contributed by atoms with Crippen molar-refractivity contribution in [3.8, 4) is 34.3 Å². The molecule has 2 aromatic heterocycles. The monoisotopic (exact) mass is 379 g/mol. The minimum Gasteiger partial charge on any atom is -0.454 e.